The second kappa shape index (κ2) is 7.93. The van der Waals surface area contributed by atoms with Gasteiger partial charge in [0.2, 0.25) is 5.91 Å². The largest absolute Gasteiger partial charge is 0.344 e. The van der Waals surface area contributed by atoms with Crippen molar-refractivity contribution in [2.45, 2.75) is 30.7 Å². The highest BCUT2D eigenvalue weighted by atomic mass is 32.2. The maximum absolute atomic E-state index is 12.6. The number of amides is 2. The Labute approximate surface area is 164 Å². The summed E-state index contributed by atoms with van der Waals surface area (Å²) in [6.45, 7) is 1.80. The van der Waals surface area contributed by atoms with Gasteiger partial charge in [-0.25, -0.2) is 13.4 Å². The first-order valence-electron chi connectivity index (χ1n) is 8.82. The minimum Gasteiger partial charge on any atom is -0.344 e. The number of sulfone groups is 1. The number of carbonyl (C=O) groups excluding carboxylic acids is 2. The number of nitrogens with zero attached hydrogens (tertiary/aromatic N) is 2. The fourth-order valence-corrected chi connectivity index (χ4v) is 3.49. The van der Waals surface area contributed by atoms with E-state index in [0.29, 0.717) is 5.69 Å². The van der Waals surface area contributed by atoms with Gasteiger partial charge in [0.25, 0.3) is 5.91 Å². The molecule has 2 aromatic carbocycles. The van der Waals surface area contributed by atoms with Crippen LogP contribution in [0, 0.1) is 0 Å². The minimum atomic E-state index is -3.27. The van der Waals surface area contributed by atoms with Gasteiger partial charge in [-0.2, -0.15) is 5.10 Å². The number of hydrogen-bond acceptors (Lipinski definition) is 5. The van der Waals surface area contributed by atoms with Crippen molar-refractivity contribution in [1.82, 2.24) is 5.32 Å². The van der Waals surface area contributed by atoms with E-state index in [4.69, 9.17) is 0 Å². The van der Waals surface area contributed by atoms with Crippen LogP contribution in [0.1, 0.15) is 31.4 Å². The van der Waals surface area contributed by atoms with Crippen LogP contribution in [0.2, 0.25) is 0 Å². The zero-order valence-corrected chi connectivity index (χ0v) is 16.4. The molecule has 0 aromatic heterocycles. The molecule has 7 nitrogen and oxygen atoms in total. The molecule has 0 spiro atoms. The monoisotopic (exact) mass is 399 g/mol. The van der Waals surface area contributed by atoms with E-state index in [0.717, 1.165) is 11.8 Å². The zero-order valence-electron chi connectivity index (χ0n) is 15.6. The first kappa shape index (κ1) is 19.8. The molecular weight excluding hydrogens is 378 g/mol. The molecule has 28 heavy (non-hydrogen) atoms. The molecular formula is C20H21N3O4S. The van der Waals surface area contributed by atoms with Gasteiger partial charge in [0, 0.05) is 19.1 Å². The molecule has 2 amide bonds. The van der Waals surface area contributed by atoms with Crippen LogP contribution in [0.5, 0.6) is 0 Å². The normalized spacial score (nSPS) is 15.7. The van der Waals surface area contributed by atoms with Crippen molar-refractivity contribution < 1.29 is 18.0 Å². The van der Waals surface area contributed by atoms with Gasteiger partial charge >= 0.3 is 0 Å². The lowest BCUT2D eigenvalue weighted by Crippen LogP contribution is -2.39. The smallest absolute Gasteiger partial charge is 0.267 e. The summed E-state index contributed by atoms with van der Waals surface area (Å²) in [6, 6.07) is 15.0. The molecule has 146 valence electrons. The molecule has 1 atom stereocenters. The minimum absolute atomic E-state index is 0.160. The summed E-state index contributed by atoms with van der Waals surface area (Å²) in [7, 11) is -3.27. The molecule has 0 saturated heterocycles. The van der Waals surface area contributed by atoms with Crippen LogP contribution in [0.4, 0.5) is 5.69 Å². The van der Waals surface area contributed by atoms with Gasteiger partial charge in [0.05, 0.1) is 16.6 Å². The predicted octanol–water partition coefficient (Wildman–Crippen LogP) is 2.45. The molecule has 2 aromatic rings. The van der Waals surface area contributed by atoms with Crippen molar-refractivity contribution in [1.29, 1.82) is 0 Å². The Morgan fingerprint density at radius 2 is 1.71 bits per heavy atom. The van der Waals surface area contributed by atoms with Gasteiger partial charge < -0.3 is 5.32 Å². The Morgan fingerprint density at radius 3 is 2.32 bits per heavy atom. The van der Waals surface area contributed by atoms with Gasteiger partial charge in [-0.3, -0.25) is 9.59 Å². The van der Waals surface area contributed by atoms with Crippen molar-refractivity contribution in [3.8, 4) is 0 Å². The van der Waals surface area contributed by atoms with Crippen molar-refractivity contribution >= 4 is 33.1 Å². The third kappa shape index (κ3) is 4.45. The number of anilines is 1. The Balaban J connectivity index is 1.74. The summed E-state index contributed by atoms with van der Waals surface area (Å²) in [5, 5.41) is 8.34. The van der Waals surface area contributed by atoms with Crippen LogP contribution in [0.15, 0.2) is 64.6 Å². The lowest BCUT2D eigenvalue weighted by atomic mass is 10.1. The van der Waals surface area contributed by atoms with E-state index >= 15 is 0 Å². The van der Waals surface area contributed by atoms with Crippen LogP contribution >= 0.6 is 0 Å². The molecule has 1 aliphatic rings. The van der Waals surface area contributed by atoms with Crippen LogP contribution in [0.25, 0.3) is 0 Å². The maximum atomic E-state index is 12.6. The Hall–Kier alpha value is -3.00. The predicted molar refractivity (Wildman–Crippen MR) is 107 cm³/mol. The van der Waals surface area contributed by atoms with Crippen molar-refractivity contribution in [3.05, 3.63) is 60.2 Å². The van der Waals surface area contributed by atoms with Crippen LogP contribution in [-0.4, -0.2) is 32.2 Å². The van der Waals surface area contributed by atoms with Gasteiger partial charge in [0.15, 0.2) is 9.84 Å². The van der Waals surface area contributed by atoms with Crippen LogP contribution in [0.3, 0.4) is 0 Å². The molecule has 0 aliphatic carbocycles. The third-order valence-corrected chi connectivity index (χ3v) is 5.58. The van der Waals surface area contributed by atoms with Gasteiger partial charge in [-0.15, -0.1) is 0 Å². The van der Waals surface area contributed by atoms with Crippen LogP contribution in [-0.2, 0) is 19.4 Å². The molecule has 0 saturated carbocycles. The fourth-order valence-electron chi connectivity index (χ4n) is 2.85. The molecule has 1 aliphatic heterocycles. The Morgan fingerprint density at radius 1 is 1.07 bits per heavy atom. The summed E-state index contributed by atoms with van der Waals surface area (Å²) >= 11 is 0. The topological polar surface area (TPSA) is 95.9 Å². The van der Waals surface area contributed by atoms with Crippen LogP contribution < -0.4 is 10.3 Å². The first-order chi connectivity index (χ1) is 13.3. The highest BCUT2D eigenvalue weighted by Gasteiger charge is 2.26. The number of para-hydroxylation sites is 1. The lowest BCUT2D eigenvalue weighted by Gasteiger charge is -2.24. The maximum Gasteiger partial charge on any atom is 0.267 e. The van der Waals surface area contributed by atoms with E-state index in [2.05, 4.69) is 10.4 Å². The van der Waals surface area contributed by atoms with E-state index in [1.165, 1.54) is 17.1 Å². The fraction of sp³-hybridized carbons (Fsp3) is 0.250. The highest BCUT2D eigenvalue weighted by Crippen LogP contribution is 2.21. The molecule has 0 unspecified atom stereocenters. The van der Waals surface area contributed by atoms with Crippen molar-refractivity contribution in [2.24, 2.45) is 5.10 Å². The summed E-state index contributed by atoms with van der Waals surface area (Å²) in [5.74, 6) is -0.514. The number of hydrazone groups is 1. The number of rotatable bonds is 5. The quantitative estimate of drug-likeness (QED) is 0.835. The average molecular weight is 399 g/mol. The van der Waals surface area contributed by atoms with Gasteiger partial charge in [-0.1, -0.05) is 30.3 Å². The molecule has 1 heterocycles. The summed E-state index contributed by atoms with van der Waals surface area (Å²) in [5.41, 5.74) is 1.66. The zero-order chi connectivity index (χ0) is 20.3. The lowest BCUT2D eigenvalue weighted by molar-refractivity contribution is -0.119. The Bertz CT molecular complexity index is 1020. The van der Waals surface area contributed by atoms with Gasteiger partial charge in [-0.05, 0) is 36.8 Å². The average Bonchev–Trinajstić information content (AvgIpc) is 2.68. The number of benzene rings is 2. The summed E-state index contributed by atoms with van der Waals surface area (Å²) < 4.78 is 23.1. The van der Waals surface area contributed by atoms with Gasteiger partial charge in [0.1, 0.15) is 5.71 Å². The number of carbonyl (C=O) groups is 2. The van der Waals surface area contributed by atoms with E-state index in [1.807, 2.05) is 6.07 Å². The SMILES string of the molecule is C[C@@H](NC(=O)C1=NN(c2ccccc2)C(=O)CC1)c1ccc(S(C)(=O)=O)cc1. The molecule has 0 fully saturated rings. The second-order valence-corrected chi connectivity index (χ2v) is 8.64. The van der Waals surface area contributed by atoms with E-state index in [9.17, 15) is 18.0 Å². The number of hydrogen-bond donors (Lipinski definition) is 1. The summed E-state index contributed by atoms with van der Waals surface area (Å²) in [4.78, 5) is 25.0. The number of nitrogens with one attached hydrogen (secondary N) is 1. The second-order valence-electron chi connectivity index (χ2n) is 6.62. The third-order valence-electron chi connectivity index (χ3n) is 4.45. The Kier molecular flexibility index (Phi) is 5.60. The molecule has 0 radical (unpaired) electrons. The first-order valence-corrected chi connectivity index (χ1v) is 10.7. The van der Waals surface area contributed by atoms with E-state index in [-0.39, 0.29) is 41.3 Å². The summed E-state index contributed by atoms with van der Waals surface area (Å²) in [6.07, 6.45) is 1.63. The molecule has 3 rings (SSSR count). The van der Waals surface area contributed by atoms with Crippen molar-refractivity contribution in [3.63, 3.8) is 0 Å². The molecule has 1 N–H and O–H groups in total. The molecule has 0 bridgehead atoms. The standard InChI is InChI=1S/C20H21N3O4S/c1-14(15-8-10-17(11-9-15)28(2,26)27)21-20(25)18-12-13-19(24)23(22-18)16-6-4-3-5-7-16/h3-11,14H,12-13H2,1-2H3,(H,21,25)/t14-/m1/s1. The van der Waals surface area contributed by atoms with E-state index < -0.39 is 9.84 Å². The highest BCUT2D eigenvalue weighted by molar-refractivity contribution is 7.90. The van der Waals surface area contributed by atoms with Crippen molar-refractivity contribution in [2.75, 3.05) is 11.3 Å². The van der Waals surface area contributed by atoms with E-state index in [1.54, 1.807) is 43.3 Å². The molecule has 8 heteroatoms.